The summed E-state index contributed by atoms with van der Waals surface area (Å²) in [5.74, 6) is 1.48. The Bertz CT molecular complexity index is 1120. The molecule has 2 aliphatic rings. The number of rotatable bonds is 2. The lowest BCUT2D eigenvalue weighted by molar-refractivity contribution is 0.0834. The van der Waals surface area contributed by atoms with E-state index in [9.17, 15) is 4.79 Å². The Labute approximate surface area is 176 Å². The van der Waals surface area contributed by atoms with Gasteiger partial charge in [0.1, 0.15) is 0 Å². The molecule has 1 amide bonds. The molecule has 150 valence electrons. The fourth-order valence-electron chi connectivity index (χ4n) is 4.15. The average Bonchev–Trinajstić information content (AvgIpc) is 3.03. The second kappa shape index (κ2) is 7.71. The number of ether oxygens (including phenoxy) is 2. The van der Waals surface area contributed by atoms with Crippen molar-refractivity contribution in [3.05, 3.63) is 90.0 Å². The van der Waals surface area contributed by atoms with Gasteiger partial charge in [-0.25, -0.2) is 0 Å². The third kappa shape index (κ3) is 3.24. The summed E-state index contributed by atoms with van der Waals surface area (Å²) in [7, 11) is 0. The molecule has 5 rings (SSSR count). The maximum Gasteiger partial charge on any atom is 0.258 e. The minimum Gasteiger partial charge on any atom is -0.490 e. The molecule has 0 N–H and O–H groups in total. The topological polar surface area (TPSA) is 38.8 Å². The highest BCUT2D eigenvalue weighted by Crippen LogP contribution is 2.39. The van der Waals surface area contributed by atoms with Crippen molar-refractivity contribution >= 4 is 11.6 Å². The van der Waals surface area contributed by atoms with Crippen LogP contribution in [0, 0.1) is 0 Å². The van der Waals surface area contributed by atoms with Crippen LogP contribution in [0.3, 0.4) is 0 Å². The molecule has 0 radical (unpaired) electrons. The molecular weight excluding hydrogens is 374 g/mol. The number of carbonyl (C=O) groups is 1. The average molecular weight is 397 g/mol. The lowest BCUT2D eigenvalue weighted by Crippen LogP contribution is -2.35. The van der Waals surface area contributed by atoms with Crippen LogP contribution >= 0.6 is 0 Å². The van der Waals surface area contributed by atoms with Crippen molar-refractivity contribution in [3.63, 3.8) is 0 Å². The normalized spacial score (nSPS) is 15.3. The van der Waals surface area contributed by atoms with Gasteiger partial charge in [-0.2, -0.15) is 0 Å². The van der Waals surface area contributed by atoms with E-state index in [1.54, 1.807) is 4.90 Å². The molecule has 0 aliphatic carbocycles. The molecule has 0 saturated heterocycles. The molecule has 0 fully saturated rings. The molecule has 0 aromatic heterocycles. The van der Waals surface area contributed by atoms with Crippen molar-refractivity contribution in [1.82, 2.24) is 4.90 Å². The van der Waals surface area contributed by atoms with Gasteiger partial charge >= 0.3 is 0 Å². The zero-order valence-corrected chi connectivity index (χ0v) is 16.8. The second-order valence-electron chi connectivity index (χ2n) is 7.57. The molecule has 4 heteroatoms. The van der Waals surface area contributed by atoms with Crippen LogP contribution in [-0.4, -0.2) is 30.6 Å². The number of fused-ring (bicyclic) bond motifs is 2. The first kappa shape index (κ1) is 18.5. The minimum absolute atomic E-state index is 0.0304. The third-order valence-electron chi connectivity index (χ3n) is 5.70. The van der Waals surface area contributed by atoms with Gasteiger partial charge < -0.3 is 14.4 Å². The Balaban J connectivity index is 1.50. The van der Waals surface area contributed by atoms with Gasteiger partial charge in [-0.05, 0) is 41.3 Å². The molecule has 3 aromatic carbocycles. The van der Waals surface area contributed by atoms with Crippen LogP contribution in [0.5, 0.6) is 11.5 Å². The zero-order valence-electron chi connectivity index (χ0n) is 16.8. The molecular formula is C26H23NO3. The van der Waals surface area contributed by atoms with Gasteiger partial charge in [0, 0.05) is 29.8 Å². The van der Waals surface area contributed by atoms with Gasteiger partial charge in [0.05, 0.1) is 13.2 Å². The molecule has 3 aromatic rings. The summed E-state index contributed by atoms with van der Waals surface area (Å²) in [6, 6.07) is 21.8. The predicted molar refractivity (Wildman–Crippen MR) is 118 cm³/mol. The largest absolute Gasteiger partial charge is 0.490 e. The lowest BCUT2D eigenvalue weighted by Gasteiger charge is -2.32. The fourth-order valence-corrected chi connectivity index (χ4v) is 4.15. The Morgan fingerprint density at radius 3 is 2.37 bits per heavy atom. The summed E-state index contributed by atoms with van der Waals surface area (Å²) in [4.78, 5) is 15.4. The van der Waals surface area contributed by atoms with Crippen molar-refractivity contribution in [2.75, 3.05) is 19.8 Å². The third-order valence-corrected chi connectivity index (χ3v) is 5.70. The van der Waals surface area contributed by atoms with E-state index in [0.29, 0.717) is 31.0 Å². The molecule has 0 bridgehead atoms. The van der Waals surface area contributed by atoms with Crippen molar-refractivity contribution in [2.24, 2.45) is 0 Å². The van der Waals surface area contributed by atoms with Gasteiger partial charge in [-0.1, -0.05) is 55.1 Å². The smallest absolute Gasteiger partial charge is 0.258 e. The van der Waals surface area contributed by atoms with Gasteiger partial charge in [-0.3, -0.25) is 4.79 Å². The minimum atomic E-state index is -0.0304. The van der Waals surface area contributed by atoms with Crippen molar-refractivity contribution in [1.29, 1.82) is 0 Å². The second-order valence-corrected chi connectivity index (χ2v) is 7.57. The van der Waals surface area contributed by atoms with Gasteiger partial charge in [-0.15, -0.1) is 0 Å². The molecule has 0 atom stereocenters. The summed E-state index contributed by atoms with van der Waals surface area (Å²) < 4.78 is 11.7. The van der Waals surface area contributed by atoms with Crippen LogP contribution in [0.15, 0.2) is 73.3 Å². The Morgan fingerprint density at radius 2 is 1.57 bits per heavy atom. The lowest BCUT2D eigenvalue weighted by atomic mass is 9.94. The van der Waals surface area contributed by atoms with E-state index in [-0.39, 0.29) is 5.91 Å². The van der Waals surface area contributed by atoms with E-state index in [1.807, 2.05) is 66.7 Å². The summed E-state index contributed by atoms with van der Waals surface area (Å²) in [6.07, 6.45) is 1.62. The van der Waals surface area contributed by atoms with Crippen LogP contribution in [-0.2, 0) is 6.42 Å². The number of benzene rings is 3. The highest BCUT2D eigenvalue weighted by atomic mass is 16.5. The fraction of sp³-hybridized carbons (Fsp3) is 0.192. The first-order valence-electron chi connectivity index (χ1n) is 10.3. The molecule has 0 saturated carbocycles. The van der Waals surface area contributed by atoms with Crippen LogP contribution in [0.1, 0.15) is 27.9 Å². The van der Waals surface area contributed by atoms with E-state index in [4.69, 9.17) is 9.47 Å². The first-order chi connectivity index (χ1) is 14.7. The maximum absolute atomic E-state index is 13.6. The highest BCUT2D eigenvalue weighted by molar-refractivity contribution is 6.05. The SMILES string of the molecule is C=C1c2cc3c(cc2CCN1C(=O)c1ccccc1-c1ccccc1)OCCCO3. The molecule has 30 heavy (non-hydrogen) atoms. The van der Waals surface area contributed by atoms with Gasteiger partial charge in [0.25, 0.3) is 5.91 Å². The number of hydrogen-bond donors (Lipinski definition) is 0. The number of nitrogens with zero attached hydrogens (tertiary/aromatic N) is 1. The van der Waals surface area contributed by atoms with Crippen LogP contribution < -0.4 is 9.47 Å². The van der Waals surface area contributed by atoms with Crippen molar-refractivity contribution in [2.45, 2.75) is 12.8 Å². The van der Waals surface area contributed by atoms with Crippen LogP contribution in [0.25, 0.3) is 16.8 Å². The predicted octanol–water partition coefficient (Wildman–Crippen LogP) is 5.18. The maximum atomic E-state index is 13.6. The standard InChI is InChI=1S/C26H23NO3/c1-18-23-17-25-24(29-14-7-15-30-25)16-20(23)12-13-27(18)26(28)22-11-6-5-10-21(22)19-8-3-2-4-9-19/h2-6,8-11,16-17H,1,7,12-15H2. The Hall–Kier alpha value is -3.53. The van der Waals surface area contributed by atoms with E-state index < -0.39 is 0 Å². The van der Waals surface area contributed by atoms with Crippen LogP contribution in [0.4, 0.5) is 0 Å². The van der Waals surface area contributed by atoms with E-state index in [2.05, 4.69) is 6.58 Å². The highest BCUT2D eigenvalue weighted by Gasteiger charge is 2.28. The Morgan fingerprint density at radius 1 is 0.867 bits per heavy atom. The van der Waals surface area contributed by atoms with Gasteiger partial charge in [0.15, 0.2) is 11.5 Å². The summed E-state index contributed by atoms with van der Waals surface area (Å²) >= 11 is 0. The number of carbonyl (C=O) groups excluding carboxylic acids is 1. The molecule has 2 heterocycles. The van der Waals surface area contributed by atoms with E-state index in [0.717, 1.165) is 46.6 Å². The molecule has 4 nitrogen and oxygen atoms in total. The monoisotopic (exact) mass is 397 g/mol. The zero-order chi connectivity index (χ0) is 20.5. The molecule has 0 spiro atoms. The van der Waals surface area contributed by atoms with Crippen molar-refractivity contribution < 1.29 is 14.3 Å². The summed E-state index contributed by atoms with van der Waals surface area (Å²) in [6.45, 7) is 6.15. The number of amides is 1. The van der Waals surface area contributed by atoms with E-state index in [1.165, 1.54) is 0 Å². The summed E-state index contributed by atoms with van der Waals surface area (Å²) in [5, 5.41) is 0. The molecule has 0 unspecified atom stereocenters. The molecule has 2 aliphatic heterocycles. The van der Waals surface area contributed by atoms with Crippen LogP contribution in [0.2, 0.25) is 0 Å². The summed E-state index contributed by atoms with van der Waals surface area (Å²) in [5.41, 5.74) is 5.45. The first-order valence-corrected chi connectivity index (χ1v) is 10.3. The van der Waals surface area contributed by atoms with Crippen molar-refractivity contribution in [3.8, 4) is 22.6 Å². The number of hydrogen-bond acceptors (Lipinski definition) is 3. The van der Waals surface area contributed by atoms with E-state index >= 15 is 0 Å². The Kier molecular flexibility index (Phi) is 4.75. The quantitative estimate of drug-likeness (QED) is 0.598. The van der Waals surface area contributed by atoms with Gasteiger partial charge in [0.2, 0.25) is 0 Å².